The van der Waals surface area contributed by atoms with Gasteiger partial charge < -0.3 is 0 Å². The van der Waals surface area contributed by atoms with E-state index in [1.807, 2.05) is 6.20 Å². The van der Waals surface area contributed by atoms with E-state index in [1.165, 1.54) is 63.4 Å². The Kier molecular flexibility index (Phi) is 8.53. The quantitative estimate of drug-likeness (QED) is 0.479. The van der Waals surface area contributed by atoms with Gasteiger partial charge >= 0.3 is 0 Å². The molecule has 0 saturated carbocycles. The zero-order chi connectivity index (χ0) is 13.9. The molecule has 0 fully saturated rings. The van der Waals surface area contributed by atoms with Gasteiger partial charge in [0.05, 0.1) is 0 Å². The van der Waals surface area contributed by atoms with Crippen LogP contribution in [0.4, 0.5) is 0 Å². The number of rotatable bonds is 10. The predicted octanol–water partition coefficient (Wildman–Crippen LogP) is 5.89. The second kappa shape index (κ2) is 10.00. The van der Waals surface area contributed by atoms with Crippen LogP contribution in [0.15, 0.2) is 18.5 Å². The molecule has 1 unspecified atom stereocenters. The van der Waals surface area contributed by atoms with Crippen LogP contribution in [0.2, 0.25) is 0 Å². The number of nitrogens with zero attached hydrogens (tertiary/aromatic N) is 1. The van der Waals surface area contributed by atoms with Crippen molar-refractivity contribution in [1.82, 2.24) is 4.98 Å². The van der Waals surface area contributed by atoms with Crippen LogP contribution in [-0.2, 0) is 6.42 Å². The van der Waals surface area contributed by atoms with E-state index in [4.69, 9.17) is 0 Å². The molecule has 1 heteroatoms. The van der Waals surface area contributed by atoms with Crippen molar-refractivity contribution in [2.45, 2.75) is 84.5 Å². The molecule has 1 aromatic rings. The lowest BCUT2D eigenvalue weighted by Gasteiger charge is -2.18. The van der Waals surface area contributed by atoms with Crippen molar-refractivity contribution in [2.75, 3.05) is 0 Å². The smallest absolute Gasteiger partial charge is 0.0305 e. The summed E-state index contributed by atoms with van der Waals surface area (Å²) in [5, 5.41) is 0. The Morgan fingerprint density at radius 3 is 2.47 bits per heavy atom. The number of hydrogen-bond donors (Lipinski definition) is 0. The summed E-state index contributed by atoms with van der Waals surface area (Å²) >= 11 is 0. The van der Waals surface area contributed by atoms with Gasteiger partial charge in [0, 0.05) is 12.4 Å². The highest BCUT2D eigenvalue weighted by Crippen LogP contribution is 2.28. The van der Waals surface area contributed by atoms with Crippen LogP contribution in [0.5, 0.6) is 0 Å². The third kappa shape index (κ3) is 5.76. The molecule has 0 bridgehead atoms. The van der Waals surface area contributed by atoms with Crippen molar-refractivity contribution < 1.29 is 0 Å². The zero-order valence-corrected chi connectivity index (χ0v) is 13.1. The average Bonchev–Trinajstić information content (AvgIpc) is 2.45. The Hall–Kier alpha value is -0.850. The Morgan fingerprint density at radius 2 is 1.79 bits per heavy atom. The molecule has 0 N–H and O–H groups in total. The molecule has 1 atom stereocenters. The highest BCUT2D eigenvalue weighted by molar-refractivity contribution is 5.27. The molecule has 0 radical (unpaired) electrons. The van der Waals surface area contributed by atoms with Crippen molar-refractivity contribution in [1.29, 1.82) is 0 Å². The van der Waals surface area contributed by atoms with Crippen LogP contribution < -0.4 is 0 Å². The predicted molar refractivity (Wildman–Crippen MR) is 84.6 cm³/mol. The van der Waals surface area contributed by atoms with Crippen molar-refractivity contribution in [2.24, 2.45) is 0 Å². The molecule has 0 aliphatic carbocycles. The Labute approximate surface area is 119 Å². The fourth-order valence-corrected chi connectivity index (χ4v) is 2.88. The van der Waals surface area contributed by atoms with Crippen molar-refractivity contribution in [3.8, 4) is 0 Å². The van der Waals surface area contributed by atoms with E-state index in [9.17, 15) is 0 Å². The summed E-state index contributed by atoms with van der Waals surface area (Å²) in [4.78, 5) is 4.35. The minimum Gasteiger partial charge on any atom is -0.264 e. The number of aryl methyl sites for hydroxylation is 1. The lowest BCUT2D eigenvalue weighted by molar-refractivity contribution is 0.581. The summed E-state index contributed by atoms with van der Waals surface area (Å²) in [7, 11) is 0. The molecule has 0 spiro atoms. The summed E-state index contributed by atoms with van der Waals surface area (Å²) < 4.78 is 0. The van der Waals surface area contributed by atoms with E-state index >= 15 is 0 Å². The summed E-state index contributed by atoms with van der Waals surface area (Å²) in [6.45, 7) is 6.86. The van der Waals surface area contributed by atoms with Crippen molar-refractivity contribution >= 4 is 0 Å². The summed E-state index contributed by atoms with van der Waals surface area (Å²) in [6, 6.07) is 2.24. The van der Waals surface area contributed by atoms with Crippen molar-refractivity contribution in [3.63, 3.8) is 0 Å². The first-order valence-corrected chi connectivity index (χ1v) is 8.26. The highest BCUT2D eigenvalue weighted by Gasteiger charge is 2.12. The Bertz CT molecular complexity index is 332. The first-order valence-electron chi connectivity index (χ1n) is 8.26. The van der Waals surface area contributed by atoms with Crippen LogP contribution in [0.3, 0.4) is 0 Å². The van der Waals surface area contributed by atoms with Gasteiger partial charge in [-0.3, -0.25) is 4.98 Å². The first kappa shape index (κ1) is 16.2. The summed E-state index contributed by atoms with van der Waals surface area (Å²) in [5.41, 5.74) is 3.06. The lowest BCUT2D eigenvalue weighted by Crippen LogP contribution is -2.03. The molecule has 0 saturated heterocycles. The molecule has 1 rings (SSSR count). The van der Waals surface area contributed by atoms with Gasteiger partial charge in [0.15, 0.2) is 0 Å². The lowest BCUT2D eigenvalue weighted by atomic mass is 9.88. The van der Waals surface area contributed by atoms with E-state index < -0.39 is 0 Å². The van der Waals surface area contributed by atoms with Crippen LogP contribution >= 0.6 is 0 Å². The molecular formula is C18H31N. The normalized spacial score (nSPS) is 12.6. The number of hydrogen-bond acceptors (Lipinski definition) is 1. The molecule has 0 aliphatic heterocycles. The minimum absolute atomic E-state index is 0.712. The molecule has 19 heavy (non-hydrogen) atoms. The topological polar surface area (TPSA) is 12.9 Å². The second-order valence-corrected chi connectivity index (χ2v) is 5.63. The van der Waals surface area contributed by atoms with Crippen LogP contribution in [0.1, 0.15) is 89.2 Å². The van der Waals surface area contributed by atoms with E-state index in [1.54, 1.807) is 5.56 Å². The highest BCUT2D eigenvalue weighted by atomic mass is 14.6. The SMILES string of the molecule is CCCCCCCc1ccncc1C(CC)CCC. The molecule has 1 heterocycles. The maximum Gasteiger partial charge on any atom is 0.0305 e. The number of pyridine rings is 1. The van der Waals surface area contributed by atoms with Crippen molar-refractivity contribution in [3.05, 3.63) is 29.6 Å². The van der Waals surface area contributed by atoms with E-state index in [-0.39, 0.29) is 0 Å². The fraction of sp³-hybridized carbons (Fsp3) is 0.722. The molecule has 108 valence electrons. The standard InChI is InChI=1S/C18H31N/c1-4-7-8-9-10-12-17-13-14-19-15-18(17)16(6-3)11-5-2/h13-16H,4-12H2,1-3H3. The van der Waals surface area contributed by atoms with Gasteiger partial charge in [-0.25, -0.2) is 0 Å². The first-order chi connectivity index (χ1) is 9.33. The molecular weight excluding hydrogens is 230 g/mol. The van der Waals surface area contributed by atoms with E-state index in [2.05, 4.69) is 38.0 Å². The molecule has 1 nitrogen and oxygen atoms in total. The molecule has 0 amide bonds. The summed E-state index contributed by atoms with van der Waals surface area (Å²) in [6.07, 6.45) is 15.9. The van der Waals surface area contributed by atoms with E-state index in [0.29, 0.717) is 5.92 Å². The minimum atomic E-state index is 0.712. The van der Waals surface area contributed by atoms with Gasteiger partial charge in [0.2, 0.25) is 0 Å². The number of unbranched alkanes of at least 4 members (excludes halogenated alkanes) is 4. The van der Waals surface area contributed by atoms with Gasteiger partial charge in [0.25, 0.3) is 0 Å². The molecule has 0 aromatic carbocycles. The second-order valence-electron chi connectivity index (χ2n) is 5.63. The maximum absolute atomic E-state index is 4.35. The third-order valence-corrected chi connectivity index (χ3v) is 4.07. The summed E-state index contributed by atoms with van der Waals surface area (Å²) in [5.74, 6) is 0.712. The largest absolute Gasteiger partial charge is 0.264 e. The van der Waals surface area contributed by atoms with Gasteiger partial charge in [0.1, 0.15) is 0 Å². The monoisotopic (exact) mass is 261 g/mol. The zero-order valence-electron chi connectivity index (χ0n) is 13.1. The van der Waals surface area contributed by atoms with E-state index in [0.717, 1.165) is 0 Å². The van der Waals surface area contributed by atoms with Crippen LogP contribution in [0, 0.1) is 0 Å². The molecule has 1 aromatic heterocycles. The van der Waals surface area contributed by atoms with Gasteiger partial charge in [-0.15, -0.1) is 0 Å². The maximum atomic E-state index is 4.35. The third-order valence-electron chi connectivity index (χ3n) is 4.07. The van der Waals surface area contributed by atoms with Crippen LogP contribution in [-0.4, -0.2) is 4.98 Å². The molecule has 0 aliphatic rings. The Balaban J connectivity index is 2.56. The van der Waals surface area contributed by atoms with Crippen LogP contribution in [0.25, 0.3) is 0 Å². The van der Waals surface area contributed by atoms with Gasteiger partial charge in [-0.05, 0) is 48.8 Å². The van der Waals surface area contributed by atoms with Gasteiger partial charge in [-0.1, -0.05) is 52.9 Å². The Morgan fingerprint density at radius 1 is 1.00 bits per heavy atom. The number of aromatic nitrogens is 1. The average molecular weight is 261 g/mol. The fourth-order valence-electron chi connectivity index (χ4n) is 2.88. The van der Waals surface area contributed by atoms with Gasteiger partial charge in [-0.2, -0.15) is 0 Å².